The van der Waals surface area contributed by atoms with Gasteiger partial charge >= 0.3 is 0 Å². The SMILES string of the molecule is O=C(NC1CCCN(c2ncc[nH]c2=O)C1)c1n[nH]c2ccccc12. The van der Waals surface area contributed by atoms with Crippen molar-refractivity contribution in [3.05, 3.63) is 52.7 Å². The molecule has 0 saturated carbocycles. The number of piperidine rings is 1. The van der Waals surface area contributed by atoms with Crippen molar-refractivity contribution >= 4 is 22.6 Å². The molecule has 128 valence electrons. The highest BCUT2D eigenvalue weighted by Crippen LogP contribution is 2.17. The van der Waals surface area contributed by atoms with Crippen molar-refractivity contribution in [1.29, 1.82) is 0 Å². The highest BCUT2D eigenvalue weighted by atomic mass is 16.2. The summed E-state index contributed by atoms with van der Waals surface area (Å²) in [5, 5.41) is 10.8. The molecule has 0 bridgehead atoms. The van der Waals surface area contributed by atoms with Gasteiger partial charge in [-0.2, -0.15) is 5.10 Å². The van der Waals surface area contributed by atoms with Crippen LogP contribution in [0.3, 0.4) is 0 Å². The summed E-state index contributed by atoms with van der Waals surface area (Å²) >= 11 is 0. The fourth-order valence-electron chi connectivity index (χ4n) is 3.25. The average molecular weight is 338 g/mol. The Morgan fingerprint density at radius 3 is 3.08 bits per heavy atom. The summed E-state index contributed by atoms with van der Waals surface area (Å²) in [6.07, 6.45) is 4.81. The standard InChI is InChI=1S/C17H18N6O2/c24-16(14-12-5-1-2-6-13(12)21-22-14)20-11-4-3-9-23(10-11)15-17(25)19-8-7-18-15/h1-2,5-8,11H,3-4,9-10H2,(H,19,25)(H,20,24)(H,21,22). The molecule has 1 aliphatic rings. The Labute approximate surface area is 143 Å². The van der Waals surface area contributed by atoms with E-state index >= 15 is 0 Å². The summed E-state index contributed by atoms with van der Waals surface area (Å²) in [6, 6.07) is 7.47. The van der Waals surface area contributed by atoms with Crippen LogP contribution in [0.4, 0.5) is 5.82 Å². The van der Waals surface area contributed by atoms with Crippen molar-refractivity contribution in [1.82, 2.24) is 25.5 Å². The molecule has 0 aliphatic carbocycles. The van der Waals surface area contributed by atoms with Crippen molar-refractivity contribution in [2.75, 3.05) is 18.0 Å². The van der Waals surface area contributed by atoms with Gasteiger partial charge in [-0.1, -0.05) is 18.2 Å². The second-order valence-corrected chi connectivity index (χ2v) is 6.12. The number of carbonyl (C=O) groups is 1. The number of anilines is 1. The zero-order chi connectivity index (χ0) is 17.2. The van der Waals surface area contributed by atoms with E-state index in [-0.39, 0.29) is 17.5 Å². The Morgan fingerprint density at radius 1 is 1.32 bits per heavy atom. The van der Waals surface area contributed by atoms with Crippen molar-refractivity contribution in [2.45, 2.75) is 18.9 Å². The first-order valence-corrected chi connectivity index (χ1v) is 8.25. The molecule has 1 amide bonds. The number of fused-ring (bicyclic) bond motifs is 1. The number of amides is 1. The minimum absolute atomic E-state index is 0.0573. The molecule has 3 N–H and O–H groups in total. The van der Waals surface area contributed by atoms with Crippen LogP contribution in [0.15, 0.2) is 41.5 Å². The average Bonchev–Trinajstić information content (AvgIpc) is 3.06. The van der Waals surface area contributed by atoms with Crippen LogP contribution in [0.5, 0.6) is 0 Å². The number of nitrogens with zero attached hydrogens (tertiary/aromatic N) is 3. The van der Waals surface area contributed by atoms with Crippen LogP contribution in [-0.4, -0.2) is 45.2 Å². The van der Waals surface area contributed by atoms with Gasteiger partial charge in [0.1, 0.15) is 0 Å². The first kappa shape index (κ1) is 15.4. The molecule has 1 fully saturated rings. The molecule has 8 heteroatoms. The smallest absolute Gasteiger partial charge is 0.290 e. The summed E-state index contributed by atoms with van der Waals surface area (Å²) < 4.78 is 0. The fourth-order valence-corrected chi connectivity index (χ4v) is 3.25. The van der Waals surface area contributed by atoms with Gasteiger partial charge in [-0.15, -0.1) is 0 Å². The Hall–Kier alpha value is -3.16. The van der Waals surface area contributed by atoms with Gasteiger partial charge in [0.2, 0.25) is 0 Å². The first-order chi connectivity index (χ1) is 12.2. The molecule has 0 spiro atoms. The van der Waals surface area contributed by atoms with E-state index < -0.39 is 0 Å². The van der Waals surface area contributed by atoms with Crippen LogP contribution < -0.4 is 15.8 Å². The summed E-state index contributed by atoms with van der Waals surface area (Å²) in [4.78, 5) is 33.2. The molecule has 25 heavy (non-hydrogen) atoms. The largest absolute Gasteiger partial charge is 0.350 e. The maximum absolute atomic E-state index is 12.6. The molecular formula is C17H18N6O2. The lowest BCUT2D eigenvalue weighted by Gasteiger charge is -2.33. The number of rotatable bonds is 3. The van der Waals surface area contributed by atoms with Crippen molar-refractivity contribution in [3.63, 3.8) is 0 Å². The minimum atomic E-state index is -0.215. The van der Waals surface area contributed by atoms with E-state index in [4.69, 9.17) is 0 Å². The Balaban J connectivity index is 1.50. The number of benzene rings is 1. The third-order valence-corrected chi connectivity index (χ3v) is 4.43. The Morgan fingerprint density at radius 2 is 2.20 bits per heavy atom. The van der Waals surface area contributed by atoms with Gasteiger partial charge in [0.25, 0.3) is 11.5 Å². The lowest BCUT2D eigenvalue weighted by Crippen LogP contribution is -2.49. The second-order valence-electron chi connectivity index (χ2n) is 6.12. The van der Waals surface area contributed by atoms with E-state index in [9.17, 15) is 9.59 Å². The van der Waals surface area contributed by atoms with Gasteiger partial charge in [-0.3, -0.25) is 14.7 Å². The van der Waals surface area contributed by atoms with Gasteiger partial charge in [-0.05, 0) is 18.9 Å². The monoisotopic (exact) mass is 338 g/mol. The van der Waals surface area contributed by atoms with Crippen molar-refractivity contribution in [3.8, 4) is 0 Å². The van der Waals surface area contributed by atoms with E-state index in [1.165, 1.54) is 6.20 Å². The molecule has 1 aliphatic heterocycles. The maximum atomic E-state index is 12.6. The Bertz CT molecular complexity index is 963. The molecule has 3 aromatic rings. The number of hydrogen-bond donors (Lipinski definition) is 3. The summed E-state index contributed by atoms with van der Waals surface area (Å²) in [6.45, 7) is 1.30. The third kappa shape index (κ3) is 2.98. The highest BCUT2D eigenvalue weighted by Gasteiger charge is 2.25. The van der Waals surface area contributed by atoms with Crippen LogP contribution >= 0.6 is 0 Å². The van der Waals surface area contributed by atoms with Gasteiger partial charge in [-0.25, -0.2) is 4.98 Å². The molecule has 4 rings (SSSR count). The number of aromatic amines is 2. The molecule has 1 saturated heterocycles. The zero-order valence-electron chi connectivity index (χ0n) is 13.5. The second kappa shape index (κ2) is 6.39. The lowest BCUT2D eigenvalue weighted by atomic mass is 10.1. The van der Waals surface area contributed by atoms with E-state index in [1.807, 2.05) is 29.2 Å². The van der Waals surface area contributed by atoms with Crippen LogP contribution in [0.1, 0.15) is 23.3 Å². The van der Waals surface area contributed by atoms with E-state index in [0.29, 0.717) is 18.1 Å². The Kier molecular flexibility index (Phi) is 3.93. The molecular weight excluding hydrogens is 320 g/mol. The lowest BCUT2D eigenvalue weighted by molar-refractivity contribution is 0.0929. The van der Waals surface area contributed by atoms with Crippen LogP contribution in [0, 0.1) is 0 Å². The molecule has 2 aromatic heterocycles. The number of para-hydroxylation sites is 1. The van der Waals surface area contributed by atoms with Crippen LogP contribution in [-0.2, 0) is 0 Å². The van der Waals surface area contributed by atoms with Gasteiger partial charge in [0.15, 0.2) is 11.5 Å². The predicted molar refractivity (Wildman–Crippen MR) is 93.7 cm³/mol. The fraction of sp³-hybridized carbons (Fsp3) is 0.294. The molecule has 8 nitrogen and oxygen atoms in total. The zero-order valence-corrected chi connectivity index (χ0v) is 13.5. The molecule has 1 atom stereocenters. The van der Waals surface area contributed by atoms with Crippen molar-refractivity contribution in [2.24, 2.45) is 0 Å². The van der Waals surface area contributed by atoms with Crippen LogP contribution in [0.2, 0.25) is 0 Å². The van der Waals surface area contributed by atoms with Gasteiger partial charge in [0, 0.05) is 36.9 Å². The topological polar surface area (TPSA) is 107 Å². The number of H-pyrrole nitrogens is 2. The molecule has 3 heterocycles. The summed E-state index contributed by atoms with van der Waals surface area (Å²) in [5.74, 6) is 0.186. The predicted octanol–water partition coefficient (Wildman–Crippen LogP) is 1.05. The maximum Gasteiger partial charge on any atom is 0.290 e. The quantitative estimate of drug-likeness (QED) is 0.662. The third-order valence-electron chi connectivity index (χ3n) is 4.43. The molecule has 1 aromatic carbocycles. The summed E-state index contributed by atoms with van der Waals surface area (Å²) in [5.41, 5.74) is 1.01. The van der Waals surface area contributed by atoms with E-state index in [1.54, 1.807) is 6.20 Å². The van der Waals surface area contributed by atoms with Gasteiger partial charge in [0.05, 0.1) is 5.52 Å². The van der Waals surface area contributed by atoms with Gasteiger partial charge < -0.3 is 15.2 Å². The van der Waals surface area contributed by atoms with E-state index in [0.717, 1.165) is 30.3 Å². The molecule has 0 radical (unpaired) electrons. The molecule has 1 unspecified atom stereocenters. The number of aromatic nitrogens is 4. The van der Waals surface area contributed by atoms with E-state index in [2.05, 4.69) is 25.5 Å². The number of hydrogen-bond acceptors (Lipinski definition) is 5. The number of carbonyl (C=O) groups excluding carboxylic acids is 1. The highest BCUT2D eigenvalue weighted by molar-refractivity contribution is 6.04. The summed E-state index contributed by atoms with van der Waals surface area (Å²) in [7, 11) is 0. The van der Waals surface area contributed by atoms with Crippen molar-refractivity contribution < 1.29 is 4.79 Å². The first-order valence-electron chi connectivity index (χ1n) is 8.25. The normalized spacial score (nSPS) is 17.6. The minimum Gasteiger partial charge on any atom is -0.350 e. The van der Waals surface area contributed by atoms with Crippen LogP contribution in [0.25, 0.3) is 10.9 Å². The number of nitrogens with one attached hydrogen (secondary N) is 3.